The highest BCUT2D eigenvalue weighted by Crippen LogP contribution is 2.49. The first-order chi connectivity index (χ1) is 43.0. The number of aryl methyl sites for hydroxylation is 2. The second kappa shape index (κ2) is 27.4. The van der Waals surface area contributed by atoms with E-state index in [9.17, 15) is 36.6 Å². The number of hydrogen-bond donors (Lipinski definition) is 4. The summed E-state index contributed by atoms with van der Waals surface area (Å²) in [7, 11) is -5.01. The third kappa shape index (κ3) is 14.0. The maximum atomic E-state index is 13.7. The second-order valence-electron chi connectivity index (χ2n) is 27.4. The highest BCUT2D eigenvalue weighted by Gasteiger charge is 2.47. The topological polar surface area (TPSA) is 210 Å². The standard InChI is InChI=1S/2C35H45ClN2O6S/c2*1-22-6-4-8-31(39)28-12-9-26(28)19-38-20-35(15-5-7-24-17-27(36)11-13-29(24)35)21-44-32-14-10-25(18-30(32)38)34(40)37-45(41,42)33(22)16-23(2)43-3/h2*4,8,10-11,13-14,17-18,22-23,26,28,31,33,39H,5-7,9,12,15-16,19-21H2,1-3H3,(H,37,40)/b2*8-4+/t22-,23+,26-,28+,31-,33+,35-;22-,23+,26-,28+,31-,33-,35-/m00/s1. The molecule has 4 aromatic carbocycles. The van der Waals surface area contributed by atoms with E-state index in [1.807, 2.05) is 64.1 Å². The Hall–Kier alpha value is -5.18. The summed E-state index contributed by atoms with van der Waals surface area (Å²) in [6.45, 7) is 11.1. The summed E-state index contributed by atoms with van der Waals surface area (Å²) in [5.74, 6) is 0.153. The Morgan fingerprint density at radius 2 is 1.02 bits per heavy atom. The predicted molar refractivity (Wildman–Crippen MR) is 353 cm³/mol. The van der Waals surface area contributed by atoms with Crippen LogP contribution in [0.5, 0.6) is 11.5 Å². The van der Waals surface area contributed by atoms with Crippen molar-refractivity contribution in [1.29, 1.82) is 0 Å². The van der Waals surface area contributed by atoms with Crippen LogP contribution in [0.15, 0.2) is 97.1 Å². The van der Waals surface area contributed by atoms with E-state index in [4.69, 9.17) is 42.1 Å². The lowest BCUT2D eigenvalue weighted by Crippen LogP contribution is -2.49. The molecule has 0 saturated heterocycles. The lowest BCUT2D eigenvalue weighted by molar-refractivity contribution is 0.0454. The highest BCUT2D eigenvalue weighted by molar-refractivity contribution is 7.91. The van der Waals surface area contributed by atoms with Crippen LogP contribution in [0.25, 0.3) is 0 Å². The van der Waals surface area contributed by atoms with Gasteiger partial charge in [0.15, 0.2) is 0 Å². The summed E-state index contributed by atoms with van der Waals surface area (Å²) in [6.07, 6.45) is 16.8. The quantitative estimate of drug-likeness (QED) is 0.132. The van der Waals surface area contributed by atoms with Crippen molar-refractivity contribution >= 4 is 66.4 Å². The minimum Gasteiger partial charge on any atom is -0.490 e. The Balaban J connectivity index is 0.000000185. The van der Waals surface area contributed by atoms with Gasteiger partial charge in [-0.15, -0.1) is 0 Å². The SMILES string of the molecule is CO[C@H](C)C[C@@H]1[C@@H](C)C/C=C/[C@H](O)[C@@H]2CC[C@H]2CN2C[C@@]3(CCCc4cc(Cl)ccc43)COc3ccc(cc32)C(=O)NS1(=O)=O.CO[C@H](C)C[C@H]1[C@@H](C)C/C=C/[C@H](O)[C@@H]2CC[C@H]2CN2C[C@@]3(CCCc4cc(Cl)ccc43)COc3ccc(cc32)C(=O)NS1(=O)=O. The first-order valence-electron chi connectivity index (χ1n) is 32.5. The van der Waals surface area contributed by atoms with Gasteiger partial charge in [0.1, 0.15) is 11.5 Å². The molecule has 488 valence electrons. The molecule has 4 heterocycles. The van der Waals surface area contributed by atoms with E-state index in [0.29, 0.717) is 63.7 Å². The van der Waals surface area contributed by atoms with Crippen LogP contribution >= 0.6 is 23.2 Å². The number of rotatable bonds is 6. The molecule has 4 bridgehead atoms. The summed E-state index contributed by atoms with van der Waals surface area (Å²) in [5.41, 5.74) is 6.53. The molecule has 2 spiro atoms. The number of fused-ring (bicyclic) bond motifs is 8. The van der Waals surface area contributed by atoms with Crippen LogP contribution < -0.4 is 28.7 Å². The lowest BCUT2D eigenvalue weighted by atomic mass is 9.68. The van der Waals surface area contributed by atoms with Crippen molar-refractivity contribution in [2.45, 2.75) is 163 Å². The van der Waals surface area contributed by atoms with E-state index in [1.54, 1.807) is 50.6 Å². The van der Waals surface area contributed by atoms with Gasteiger partial charge < -0.3 is 39.0 Å². The molecule has 12 rings (SSSR count). The summed E-state index contributed by atoms with van der Waals surface area (Å²) in [5, 5.41) is 22.3. The number of sulfonamides is 2. The average molecular weight is 1310 g/mol. The van der Waals surface area contributed by atoms with Gasteiger partial charge in [0.2, 0.25) is 20.0 Å². The first-order valence-corrected chi connectivity index (χ1v) is 36.3. The van der Waals surface area contributed by atoms with Crippen molar-refractivity contribution in [3.05, 3.63) is 141 Å². The fourth-order valence-corrected chi connectivity index (χ4v) is 19.7. The number of ether oxygens (including phenoxy) is 4. The maximum absolute atomic E-state index is 13.7. The zero-order valence-electron chi connectivity index (χ0n) is 52.8. The molecule has 16 nitrogen and oxygen atoms in total. The van der Waals surface area contributed by atoms with Gasteiger partial charge in [-0.25, -0.2) is 26.3 Å². The fourth-order valence-electron chi connectivity index (χ4n) is 15.8. The van der Waals surface area contributed by atoms with Crippen molar-refractivity contribution in [3.8, 4) is 11.5 Å². The number of methoxy groups -OCH3 is 2. The summed E-state index contributed by atoms with van der Waals surface area (Å²) < 4.78 is 83.6. The van der Waals surface area contributed by atoms with Gasteiger partial charge in [0.05, 0.1) is 59.5 Å². The Bertz CT molecular complexity index is 3360. The van der Waals surface area contributed by atoms with Gasteiger partial charge in [-0.05, 0) is 222 Å². The molecule has 2 fully saturated rings. The Kier molecular flexibility index (Phi) is 20.2. The number of nitrogens with one attached hydrogen (secondary N) is 2. The smallest absolute Gasteiger partial charge is 0.264 e. The third-order valence-corrected chi connectivity index (χ3v) is 25.8. The summed E-state index contributed by atoms with van der Waals surface area (Å²) >= 11 is 12.8. The molecule has 0 unspecified atom stereocenters. The number of benzene rings is 4. The molecule has 4 aromatic rings. The molecule has 2 saturated carbocycles. The average Bonchev–Trinajstić information content (AvgIpc) is 1.52. The van der Waals surface area contributed by atoms with Crippen LogP contribution in [0.2, 0.25) is 10.0 Å². The lowest BCUT2D eigenvalue weighted by Gasteiger charge is -2.45. The van der Waals surface area contributed by atoms with Gasteiger partial charge in [-0.2, -0.15) is 0 Å². The molecular formula is C70H90Cl2N4O12S2. The minimum atomic E-state index is -4.06. The predicted octanol–water partition coefficient (Wildman–Crippen LogP) is 11.3. The molecule has 0 aromatic heterocycles. The minimum absolute atomic E-state index is 0.102. The van der Waals surface area contributed by atoms with Crippen molar-refractivity contribution < 1.29 is 55.6 Å². The monoisotopic (exact) mass is 1310 g/mol. The van der Waals surface area contributed by atoms with E-state index >= 15 is 0 Å². The van der Waals surface area contributed by atoms with E-state index in [0.717, 1.165) is 85.6 Å². The Labute approximate surface area is 542 Å². The number of carbonyl (C=O) groups excluding carboxylic acids is 2. The van der Waals surface area contributed by atoms with Crippen molar-refractivity contribution in [2.75, 3.05) is 63.4 Å². The van der Waals surface area contributed by atoms with Crippen LogP contribution in [-0.2, 0) is 53.2 Å². The van der Waals surface area contributed by atoms with Crippen molar-refractivity contribution in [2.24, 2.45) is 35.5 Å². The van der Waals surface area contributed by atoms with Gasteiger partial charge >= 0.3 is 0 Å². The fraction of sp³-hybridized carbons (Fsp3) is 0.571. The molecule has 4 N–H and O–H groups in total. The summed E-state index contributed by atoms with van der Waals surface area (Å²) in [4.78, 5) is 31.9. The van der Waals surface area contributed by atoms with Gasteiger partial charge in [0.25, 0.3) is 11.8 Å². The molecule has 2 amide bonds. The highest BCUT2D eigenvalue weighted by atomic mass is 35.5. The number of halogens is 2. The van der Waals surface area contributed by atoms with Gasteiger partial charge in [-0.3, -0.25) is 9.59 Å². The molecule has 0 radical (unpaired) electrons. The maximum Gasteiger partial charge on any atom is 0.264 e. The number of hydrogen-bond acceptors (Lipinski definition) is 14. The van der Waals surface area contributed by atoms with E-state index in [-0.39, 0.29) is 82.5 Å². The molecule has 90 heavy (non-hydrogen) atoms. The van der Waals surface area contributed by atoms with Crippen LogP contribution in [-0.4, -0.2) is 127 Å². The number of allylic oxidation sites excluding steroid dienone is 2. The van der Waals surface area contributed by atoms with Crippen molar-refractivity contribution in [1.82, 2.24) is 9.44 Å². The largest absolute Gasteiger partial charge is 0.490 e. The Morgan fingerprint density at radius 3 is 1.40 bits per heavy atom. The number of anilines is 2. The number of amides is 2. The van der Waals surface area contributed by atoms with Gasteiger partial charge in [-0.1, -0.05) is 73.5 Å². The van der Waals surface area contributed by atoms with E-state index in [2.05, 4.69) is 43.5 Å². The first kappa shape index (κ1) is 66.3. The van der Waals surface area contributed by atoms with E-state index < -0.39 is 54.6 Å². The zero-order valence-corrected chi connectivity index (χ0v) is 55.9. The van der Waals surface area contributed by atoms with Crippen LogP contribution in [0.4, 0.5) is 11.4 Å². The number of nitrogens with zero attached hydrogens (tertiary/aromatic N) is 2. The summed E-state index contributed by atoms with van der Waals surface area (Å²) in [6, 6.07) is 22.7. The normalized spacial score (nSPS) is 32.6. The van der Waals surface area contributed by atoms with Crippen LogP contribution in [0.3, 0.4) is 0 Å². The van der Waals surface area contributed by atoms with Crippen LogP contribution in [0, 0.1) is 35.5 Å². The molecule has 14 atom stereocenters. The molecule has 20 heteroatoms. The zero-order chi connectivity index (χ0) is 63.9. The third-order valence-electron chi connectivity index (χ3n) is 21.5. The second-order valence-corrected chi connectivity index (χ2v) is 32.1. The molecule has 8 aliphatic rings. The Morgan fingerprint density at radius 1 is 0.611 bits per heavy atom. The van der Waals surface area contributed by atoms with Crippen molar-refractivity contribution in [3.63, 3.8) is 0 Å². The molecule has 4 aliphatic heterocycles. The molecular weight excluding hydrogens is 1220 g/mol. The van der Waals surface area contributed by atoms with Crippen LogP contribution in [0.1, 0.15) is 148 Å². The number of carbonyl (C=O) groups is 2. The number of aliphatic hydroxyl groups is 2. The van der Waals surface area contributed by atoms with Gasteiger partial charge in [0, 0.05) is 72.4 Å². The van der Waals surface area contributed by atoms with E-state index in [1.165, 1.54) is 22.3 Å². The number of aliphatic hydroxyl groups excluding tert-OH is 2. The molecule has 4 aliphatic carbocycles.